The van der Waals surface area contributed by atoms with Crippen molar-refractivity contribution in [1.29, 1.82) is 0 Å². The Kier molecular flexibility index (Phi) is 6.72. The summed E-state index contributed by atoms with van der Waals surface area (Å²) in [4.78, 5) is 27.3. The summed E-state index contributed by atoms with van der Waals surface area (Å²) >= 11 is 0. The molecule has 2 rings (SSSR count). The predicted octanol–water partition coefficient (Wildman–Crippen LogP) is 1.22. The molecule has 1 heterocycles. The van der Waals surface area contributed by atoms with E-state index < -0.39 is 12.1 Å². The molecule has 7 nitrogen and oxygen atoms in total. The summed E-state index contributed by atoms with van der Waals surface area (Å²) in [6.07, 6.45) is -0.756. The molecule has 0 aliphatic carbocycles. The van der Waals surface area contributed by atoms with Crippen LogP contribution in [0.15, 0.2) is 18.2 Å². The first-order valence-electron chi connectivity index (χ1n) is 8.12. The van der Waals surface area contributed by atoms with Crippen molar-refractivity contribution in [2.75, 3.05) is 40.4 Å². The third-order valence-electron chi connectivity index (χ3n) is 4.38. The normalized spacial score (nSPS) is 17.0. The molecule has 8 heteroatoms. The Morgan fingerprint density at radius 1 is 1.24 bits per heavy atom. The summed E-state index contributed by atoms with van der Waals surface area (Å²) in [7, 11) is 2.78. The lowest BCUT2D eigenvalue weighted by atomic mass is 10.1. The number of ether oxygens (including phenoxy) is 2. The molecule has 1 atom stereocenters. The number of amides is 2. The van der Waals surface area contributed by atoms with Crippen LogP contribution >= 0.6 is 0 Å². The van der Waals surface area contributed by atoms with Gasteiger partial charge in [-0.25, -0.2) is 9.18 Å². The van der Waals surface area contributed by atoms with Gasteiger partial charge in [0, 0.05) is 38.3 Å². The number of alkyl carbamates (subject to hydrolysis) is 1. The Labute approximate surface area is 146 Å². The molecule has 1 fully saturated rings. The van der Waals surface area contributed by atoms with Crippen molar-refractivity contribution >= 4 is 12.0 Å². The highest BCUT2D eigenvalue weighted by Gasteiger charge is 2.27. The molecule has 0 radical (unpaired) electrons. The number of piperazine rings is 1. The number of nitrogens with one attached hydrogen (secondary N) is 1. The molecule has 0 aromatic heterocycles. The minimum Gasteiger partial charge on any atom is -0.496 e. The van der Waals surface area contributed by atoms with E-state index in [2.05, 4.69) is 15.0 Å². The number of halogens is 1. The molecule has 1 aliphatic rings. The van der Waals surface area contributed by atoms with Crippen molar-refractivity contribution in [3.63, 3.8) is 0 Å². The van der Waals surface area contributed by atoms with Crippen molar-refractivity contribution < 1.29 is 23.5 Å². The van der Waals surface area contributed by atoms with Gasteiger partial charge in [-0.1, -0.05) is 0 Å². The van der Waals surface area contributed by atoms with E-state index in [1.165, 1.54) is 19.2 Å². The number of hydrogen-bond donors (Lipinski definition) is 1. The van der Waals surface area contributed by atoms with Crippen LogP contribution in [0.4, 0.5) is 9.18 Å². The van der Waals surface area contributed by atoms with Gasteiger partial charge in [0.1, 0.15) is 11.6 Å². The summed E-state index contributed by atoms with van der Waals surface area (Å²) in [5, 5.41) is 2.19. The van der Waals surface area contributed by atoms with Crippen LogP contribution in [0.3, 0.4) is 0 Å². The van der Waals surface area contributed by atoms with Crippen molar-refractivity contribution in [3.8, 4) is 5.75 Å². The number of hydrogen-bond acceptors (Lipinski definition) is 6. The molecule has 1 aliphatic heterocycles. The Hall–Kier alpha value is -2.19. The molecule has 2 amide bonds. The topological polar surface area (TPSA) is 71.1 Å². The van der Waals surface area contributed by atoms with Crippen LogP contribution in [0.1, 0.15) is 12.5 Å². The molecule has 0 unspecified atom stereocenters. The molecule has 138 valence electrons. The summed E-state index contributed by atoms with van der Waals surface area (Å²) in [5.41, 5.74) is 0.799. The number of imide groups is 1. The van der Waals surface area contributed by atoms with Gasteiger partial charge in [-0.3, -0.25) is 19.9 Å². The first-order chi connectivity index (χ1) is 11.9. The van der Waals surface area contributed by atoms with E-state index in [0.717, 1.165) is 18.7 Å². The van der Waals surface area contributed by atoms with E-state index >= 15 is 0 Å². The van der Waals surface area contributed by atoms with E-state index in [1.54, 1.807) is 20.1 Å². The fraction of sp³-hybridized carbons (Fsp3) is 0.529. The summed E-state index contributed by atoms with van der Waals surface area (Å²) in [6.45, 7) is 5.15. The quantitative estimate of drug-likeness (QED) is 0.858. The monoisotopic (exact) mass is 353 g/mol. The molecule has 1 N–H and O–H groups in total. The van der Waals surface area contributed by atoms with Crippen LogP contribution in [-0.4, -0.2) is 68.2 Å². The summed E-state index contributed by atoms with van der Waals surface area (Å²) in [5.74, 6) is -0.00991. The highest BCUT2D eigenvalue weighted by atomic mass is 19.1. The zero-order valence-electron chi connectivity index (χ0n) is 14.8. The van der Waals surface area contributed by atoms with Gasteiger partial charge in [0.2, 0.25) is 5.91 Å². The Bertz CT molecular complexity index is 618. The van der Waals surface area contributed by atoms with E-state index in [4.69, 9.17) is 4.74 Å². The van der Waals surface area contributed by atoms with Gasteiger partial charge >= 0.3 is 6.09 Å². The molecule has 1 aromatic rings. The third-order valence-corrected chi connectivity index (χ3v) is 4.38. The Balaban J connectivity index is 1.88. The summed E-state index contributed by atoms with van der Waals surface area (Å²) in [6, 6.07) is 4.06. The van der Waals surface area contributed by atoms with E-state index in [1.807, 2.05) is 4.90 Å². The number of nitrogens with zero attached hydrogens (tertiary/aromatic N) is 2. The lowest BCUT2D eigenvalue weighted by molar-refractivity contribution is -0.125. The second-order valence-corrected chi connectivity index (χ2v) is 5.93. The van der Waals surface area contributed by atoms with Gasteiger partial charge in [0.05, 0.1) is 20.3 Å². The fourth-order valence-electron chi connectivity index (χ4n) is 2.84. The number of rotatable bonds is 5. The second-order valence-electron chi connectivity index (χ2n) is 5.93. The summed E-state index contributed by atoms with van der Waals surface area (Å²) < 4.78 is 23.2. The lowest BCUT2D eigenvalue weighted by Crippen LogP contribution is -2.54. The lowest BCUT2D eigenvalue weighted by Gasteiger charge is -2.37. The van der Waals surface area contributed by atoms with Crippen LogP contribution < -0.4 is 10.1 Å². The van der Waals surface area contributed by atoms with Gasteiger partial charge in [-0.2, -0.15) is 0 Å². The SMILES string of the molecule is COC(=O)NC(=O)[C@@H](C)N1CCN(Cc2cc(F)ccc2OC)CC1. The molecule has 0 spiro atoms. The average Bonchev–Trinajstić information content (AvgIpc) is 2.61. The average molecular weight is 353 g/mol. The van der Waals surface area contributed by atoms with Crippen molar-refractivity contribution in [3.05, 3.63) is 29.6 Å². The number of benzene rings is 1. The maximum absolute atomic E-state index is 13.5. The standard InChI is InChI=1S/C17H24FN3O4/c1-12(16(22)19-17(23)25-3)21-8-6-20(7-9-21)11-13-10-14(18)4-5-15(13)24-2/h4-5,10,12H,6-9,11H2,1-3H3,(H,19,22,23)/t12-/m1/s1. The van der Waals surface area contributed by atoms with Crippen molar-refractivity contribution in [2.45, 2.75) is 19.5 Å². The zero-order chi connectivity index (χ0) is 18.4. The second kappa shape index (κ2) is 8.77. The van der Waals surface area contributed by atoms with Gasteiger partial charge < -0.3 is 9.47 Å². The van der Waals surface area contributed by atoms with Gasteiger partial charge in [-0.05, 0) is 25.1 Å². The first-order valence-corrected chi connectivity index (χ1v) is 8.12. The van der Waals surface area contributed by atoms with Crippen molar-refractivity contribution in [1.82, 2.24) is 15.1 Å². The van der Waals surface area contributed by atoms with Crippen LogP contribution in [0.2, 0.25) is 0 Å². The molecule has 1 saturated heterocycles. The maximum Gasteiger partial charge on any atom is 0.413 e. The number of methoxy groups -OCH3 is 2. The van der Waals surface area contributed by atoms with Crippen LogP contribution in [0.5, 0.6) is 5.75 Å². The van der Waals surface area contributed by atoms with Crippen LogP contribution in [-0.2, 0) is 16.1 Å². The molecule has 0 bridgehead atoms. The van der Waals surface area contributed by atoms with Crippen LogP contribution in [0.25, 0.3) is 0 Å². The Morgan fingerprint density at radius 3 is 2.52 bits per heavy atom. The number of carbonyl (C=O) groups excluding carboxylic acids is 2. The van der Waals surface area contributed by atoms with Crippen LogP contribution in [0, 0.1) is 5.82 Å². The zero-order valence-corrected chi connectivity index (χ0v) is 14.8. The van der Waals surface area contributed by atoms with Gasteiger partial charge in [-0.15, -0.1) is 0 Å². The number of carbonyl (C=O) groups is 2. The highest BCUT2D eigenvalue weighted by molar-refractivity contribution is 5.94. The van der Waals surface area contributed by atoms with Gasteiger partial charge in [0.15, 0.2) is 0 Å². The largest absolute Gasteiger partial charge is 0.496 e. The molecule has 25 heavy (non-hydrogen) atoms. The van der Waals surface area contributed by atoms with E-state index in [-0.39, 0.29) is 11.7 Å². The third kappa shape index (κ3) is 5.14. The first kappa shape index (κ1) is 19.1. The molecule has 1 aromatic carbocycles. The molecule has 0 saturated carbocycles. The smallest absolute Gasteiger partial charge is 0.413 e. The van der Waals surface area contributed by atoms with Gasteiger partial charge in [0.25, 0.3) is 0 Å². The minimum absolute atomic E-state index is 0.289. The molecular weight excluding hydrogens is 329 g/mol. The highest BCUT2D eigenvalue weighted by Crippen LogP contribution is 2.22. The maximum atomic E-state index is 13.5. The van der Waals surface area contributed by atoms with E-state index in [0.29, 0.717) is 25.4 Å². The predicted molar refractivity (Wildman–Crippen MR) is 89.8 cm³/mol. The minimum atomic E-state index is -0.756. The molecular formula is C17H24FN3O4. The fourth-order valence-corrected chi connectivity index (χ4v) is 2.84. The Morgan fingerprint density at radius 2 is 1.92 bits per heavy atom. The van der Waals surface area contributed by atoms with E-state index in [9.17, 15) is 14.0 Å². The van der Waals surface area contributed by atoms with Crippen molar-refractivity contribution in [2.24, 2.45) is 0 Å².